The fraction of sp³-hybridized carbons (Fsp3) is 0.385. The van der Waals surface area contributed by atoms with Crippen LogP contribution < -0.4 is 4.18 Å². The molecule has 0 amide bonds. The fourth-order valence-corrected chi connectivity index (χ4v) is 8.18. The normalized spacial score (nSPS) is 16.4. The maximum absolute atomic E-state index is 13.9. The maximum atomic E-state index is 13.9. The number of nitrogens with zero attached hydrogens (tertiary/aromatic N) is 2. The Hall–Kier alpha value is -2.98. The Labute approximate surface area is 212 Å². The highest BCUT2D eigenvalue weighted by molar-refractivity contribution is 7.91. The highest BCUT2D eigenvalue weighted by atomic mass is 32.2. The third-order valence-corrected chi connectivity index (χ3v) is 9.96. The van der Waals surface area contributed by atoms with Gasteiger partial charge in [-0.2, -0.15) is 13.5 Å². The number of carbonyl (C=O) groups excluding carboxylic acids is 1. The van der Waals surface area contributed by atoms with Crippen molar-refractivity contribution in [2.75, 3.05) is 5.75 Å². The van der Waals surface area contributed by atoms with Crippen LogP contribution >= 0.6 is 0 Å². The van der Waals surface area contributed by atoms with E-state index in [0.29, 0.717) is 34.4 Å². The van der Waals surface area contributed by atoms with Gasteiger partial charge in [0.15, 0.2) is 9.84 Å². The zero-order chi connectivity index (χ0) is 26.8. The standard InChI is InChI=1S/C26H30N2O6S2/c1-15-8-10-19(11-9-15)36(32,33)34-25-21(18(4)27-28(25)7)23(29)20-14-16(2)24-22(17(20)3)26(5,6)12-13-35(24,30)31/h8-11,14H,12-13H2,1-7H3. The van der Waals surface area contributed by atoms with Gasteiger partial charge < -0.3 is 4.18 Å². The van der Waals surface area contributed by atoms with Gasteiger partial charge in [-0.05, 0) is 74.4 Å². The second-order valence-electron chi connectivity index (χ2n) is 10.1. The minimum Gasteiger partial charge on any atom is -0.358 e. The van der Waals surface area contributed by atoms with Gasteiger partial charge in [0.05, 0.1) is 16.3 Å². The molecule has 3 aromatic rings. The molecule has 0 fully saturated rings. The molecular formula is C26H30N2O6S2. The summed E-state index contributed by atoms with van der Waals surface area (Å²) in [4.78, 5) is 14.2. The summed E-state index contributed by atoms with van der Waals surface area (Å²) in [7, 11) is -6.21. The molecule has 2 aromatic carbocycles. The molecule has 192 valence electrons. The first-order valence-corrected chi connectivity index (χ1v) is 14.6. The number of carbonyl (C=O) groups is 1. The van der Waals surface area contributed by atoms with Gasteiger partial charge in [0.25, 0.3) is 0 Å². The number of benzene rings is 2. The largest absolute Gasteiger partial charge is 0.358 e. The first kappa shape index (κ1) is 26.1. The lowest BCUT2D eigenvalue weighted by Crippen LogP contribution is -2.33. The Kier molecular flexibility index (Phi) is 6.20. The molecule has 1 aromatic heterocycles. The Balaban J connectivity index is 1.87. The van der Waals surface area contributed by atoms with Crippen molar-refractivity contribution in [3.8, 4) is 5.88 Å². The molecule has 0 spiro atoms. The predicted octanol–water partition coefficient (Wildman–Crippen LogP) is 4.11. The van der Waals surface area contributed by atoms with Crippen LogP contribution in [0.2, 0.25) is 0 Å². The summed E-state index contributed by atoms with van der Waals surface area (Å²) < 4.78 is 58.6. The number of hydrogen-bond acceptors (Lipinski definition) is 7. The van der Waals surface area contributed by atoms with Crippen molar-refractivity contribution in [1.82, 2.24) is 9.78 Å². The lowest BCUT2D eigenvalue weighted by molar-refractivity contribution is 0.103. The number of fused-ring (bicyclic) bond motifs is 1. The number of sulfone groups is 1. The number of ketones is 1. The molecule has 0 aliphatic carbocycles. The van der Waals surface area contributed by atoms with Crippen LogP contribution in [0, 0.1) is 27.7 Å². The molecule has 0 radical (unpaired) electrons. The summed E-state index contributed by atoms with van der Waals surface area (Å²) >= 11 is 0. The van der Waals surface area contributed by atoms with Gasteiger partial charge in [0.2, 0.25) is 11.7 Å². The molecule has 0 bridgehead atoms. The number of aromatic nitrogens is 2. The molecule has 0 unspecified atom stereocenters. The molecule has 0 atom stereocenters. The van der Waals surface area contributed by atoms with E-state index in [0.717, 1.165) is 5.56 Å². The van der Waals surface area contributed by atoms with Crippen LogP contribution in [0.25, 0.3) is 0 Å². The van der Waals surface area contributed by atoms with E-state index in [1.54, 1.807) is 39.0 Å². The molecule has 4 rings (SSSR count). The summed E-state index contributed by atoms with van der Waals surface area (Å²) in [5, 5.41) is 4.25. The van der Waals surface area contributed by atoms with Crippen molar-refractivity contribution in [1.29, 1.82) is 0 Å². The van der Waals surface area contributed by atoms with Crippen LogP contribution in [-0.2, 0) is 32.4 Å². The minimum absolute atomic E-state index is 0.0205. The lowest BCUT2D eigenvalue weighted by atomic mass is 9.76. The smallest absolute Gasteiger partial charge is 0.340 e. The van der Waals surface area contributed by atoms with E-state index in [2.05, 4.69) is 5.10 Å². The van der Waals surface area contributed by atoms with Crippen molar-refractivity contribution in [3.63, 3.8) is 0 Å². The van der Waals surface area contributed by atoms with Crippen LogP contribution in [0.4, 0.5) is 0 Å². The van der Waals surface area contributed by atoms with Gasteiger partial charge >= 0.3 is 10.1 Å². The van der Waals surface area contributed by atoms with Gasteiger partial charge in [-0.25, -0.2) is 13.1 Å². The molecule has 10 heteroatoms. The Morgan fingerprint density at radius 1 is 1.08 bits per heavy atom. The van der Waals surface area contributed by atoms with Crippen LogP contribution in [0.15, 0.2) is 40.1 Å². The van der Waals surface area contributed by atoms with Crippen molar-refractivity contribution in [3.05, 3.63) is 69.4 Å². The quantitative estimate of drug-likeness (QED) is 0.360. The summed E-state index contributed by atoms with van der Waals surface area (Å²) in [6.07, 6.45) is 0.440. The van der Waals surface area contributed by atoms with Gasteiger partial charge in [-0.15, -0.1) is 0 Å². The Bertz CT molecular complexity index is 1610. The number of hydrogen-bond donors (Lipinski definition) is 0. The zero-order valence-electron chi connectivity index (χ0n) is 21.5. The van der Waals surface area contributed by atoms with E-state index in [9.17, 15) is 21.6 Å². The molecule has 1 aliphatic rings. The van der Waals surface area contributed by atoms with E-state index in [-0.39, 0.29) is 27.0 Å². The summed E-state index contributed by atoms with van der Waals surface area (Å²) in [5.74, 6) is -0.617. The highest BCUT2D eigenvalue weighted by Crippen LogP contribution is 2.43. The molecule has 1 aliphatic heterocycles. The van der Waals surface area contributed by atoms with E-state index in [1.807, 2.05) is 20.8 Å². The lowest BCUT2D eigenvalue weighted by Gasteiger charge is -2.35. The van der Waals surface area contributed by atoms with Gasteiger partial charge in [0.1, 0.15) is 10.5 Å². The first-order chi connectivity index (χ1) is 16.6. The molecule has 2 heterocycles. The van der Waals surface area contributed by atoms with Crippen molar-refractivity contribution in [2.45, 2.75) is 63.2 Å². The maximum Gasteiger partial charge on any atom is 0.340 e. The number of aryl methyl sites for hydroxylation is 4. The summed E-state index contributed by atoms with van der Waals surface area (Å²) in [6, 6.07) is 7.77. The summed E-state index contributed by atoms with van der Waals surface area (Å²) in [6.45, 7) is 10.8. The van der Waals surface area contributed by atoms with Crippen LogP contribution in [-0.4, -0.2) is 38.2 Å². The summed E-state index contributed by atoms with van der Waals surface area (Å²) in [5.41, 5.74) is 2.74. The van der Waals surface area contributed by atoms with Crippen molar-refractivity contribution in [2.24, 2.45) is 7.05 Å². The van der Waals surface area contributed by atoms with Crippen LogP contribution in [0.3, 0.4) is 0 Å². The average Bonchev–Trinajstić information content (AvgIpc) is 3.04. The van der Waals surface area contributed by atoms with Crippen molar-refractivity contribution < 1.29 is 25.8 Å². The van der Waals surface area contributed by atoms with Gasteiger partial charge in [-0.3, -0.25) is 4.79 Å². The topological polar surface area (TPSA) is 112 Å². The second-order valence-corrected chi connectivity index (χ2v) is 13.7. The molecular weight excluding hydrogens is 500 g/mol. The minimum atomic E-state index is -4.24. The van der Waals surface area contributed by atoms with E-state index in [1.165, 1.54) is 23.9 Å². The highest BCUT2D eigenvalue weighted by Gasteiger charge is 2.40. The average molecular weight is 531 g/mol. The molecule has 0 N–H and O–H groups in total. The number of rotatable bonds is 5. The fourth-order valence-electron chi connectivity index (χ4n) is 4.95. The SMILES string of the molecule is Cc1ccc(S(=O)(=O)Oc2c(C(=O)c3cc(C)c4c(c3C)C(C)(C)CCS4(=O)=O)c(C)nn2C)cc1. The molecule has 36 heavy (non-hydrogen) atoms. The molecule has 0 saturated carbocycles. The van der Waals surface area contributed by atoms with Crippen LogP contribution in [0.1, 0.15) is 64.1 Å². The van der Waals surface area contributed by atoms with Crippen molar-refractivity contribution >= 4 is 25.7 Å². The van der Waals surface area contributed by atoms with E-state index >= 15 is 0 Å². The van der Waals surface area contributed by atoms with Gasteiger partial charge in [0, 0.05) is 12.6 Å². The van der Waals surface area contributed by atoms with Crippen LogP contribution in [0.5, 0.6) is 5.88 Å². The Morgan fingerprint density at radius 2 is 1.69 bits per heavy atom. The van der Waals surface area contributed by atoms with E-state index < -0.39 is 31.2 Å². The second kappa shape index (κ2) is 8.55. The van der Waals surface area contributed by atoms with E-state index in [4.69, 9.17) is 4.18 Å². The molecule has 8 nitrogen and oxygen atoms in total. The first-order valence-electron chi connectivity index (χ1n) is 11.5. The third-order valence-electron chi connectivity index (χ3n) is 6.85. The Morgan fingerprint density at radius 3 is 2.31 bits per heavy atom. The zero-order valence-corrected chi connectivity index (χ0v) is 23.1. The third kappa shape index (κ3) is 4.26. The molecule has 0 saturated heterocycles. The predicted molar refractivity (Wildman–Crippen MR) is 136 cm³/mol. The monoisotopic (exact) mass is 530 g/mol. The van der Waals surface area contributed by atoms with Gasteiger partial charge in [-0.1, -0.05) is 31.5 Å².